The van der Waals surface area contributed by atoms with E-state index < -0.39 is 0 Å². The Hall–Kier alpha value is -2.17. The number of imidazole rings is 1. The third kappa shape index (κ3) is 3.67. The Balaban J connectivity index is 1.56. The SMILES string of the molecule is CNCCC1CCN(Cc2c(-c3ccccc3)nc3ccccn23)CC1. The Labute approximate surface area is 155 Å². The zero-order valence-corrected chi connectivity index (χ0v) is 15.6. The molecule has 0 aliphatic carbocycles. The molecule has 1 aliphatic heterocycles. The van der Waals surface area contributed by atoms with E-state index in [1.165, 1.54) is 43.6 Å². The van der Waals surface area contributed by atoms with Gasteiger partial charge in [-0.1, -0.05) is 36.4 Å². The summed E-state index contributed by atoms with van der Waals surface area (Å²) in [5.41, 5.74) is 4.66. The van der Waals surface area contributed by atoms with Crippen LogP contribution in [-0.2, 0) is 6.54 Å². The molecule has 1 fully saturated rings. The normalized spacial score (nSPS) is 16.3. The number of benzene rings is 1. The summed E-state index contributed by atoms with van der Waals surface area (Å²) in [5, 5.41) is 3.28. The highest BCUT2D eigenvalue weighted by molar-refractivity contribution is 5.66. The van der Waals surface area contributed by atoms with Gasteiger partial charge in [0.25, 0.3) is 0 Å². The minimum Gasteiger partial charge on any atom is -0.320 e. The number of hydrogen-bond acceptors (Lipinski definition) is 3. The molecule has 4 nitrogen and oxygen atoms in total. The number of likely N-dealkylation sites (tertiary alicyclic amines) is 1. The van der Waals surface area contributed by atoms with Crippen LogP contribution in [-0.4, -0.2) is 41.0 Å². The Morgan fingerprint density at radius 1 is 1.04 bits per heavy atom. The van der Waals surface area contributed by atoms with E-state index in [9.17, 15) is 0 Å². The van der Waals surface area contributed by atoms with Crippen molar-refractivity contribution in [3.05, 3.63) is 60.4 Å². The van der Waals surface area contributed by atoms with Gasteiger partial charge in [-0.05, 0) is 64.0 Å². The van der Waals surface area contributed by atoms with Gasteiger partial charge in [-0.15, -0.1) is 0 Å². The summed E-state index contributed by atoms with van der Waals surface area (Å²) in [5.74, 6) is 0.870. The number of piperidine rings is 1. The molecule has 0 spiro atoms. The van der Waals surface area contributed by atoms with Gasteiger partial charge in [0.2, 0.25) is 0 Å². The van der Waals surface area contributed by atoms with Gasteiger partial charge in [-0.2, -0.15) is 0 Å². The minimum absolute atomic E-state index is 0.870. The Kier molecular flexibility index (Phi) is 5.32. The molecule has 1 aliphatic rings. The molecule has 136 valence electrons. The monoisotopic (exact) mass is 348 g/mol. The van der Waals surface area contributed by atoms with Crippen LogP contribution in [0.1, 0.15) is 25.0 Å². The lowest BCUT2D eigenvalue weighted by Crippen LogP contribution is -2.34. The van der Waals surface area contributed by atoms with Crippen molar-refractivity contribution >= 4 is 5.65 Å². The molecular weight excluding hydrogens is 320 g/mol. The van der Waals surface area contributed by atoms with Crippen molar-refractivity contribution in [2.45, 2.75) is 25.8 Å². The van der Waals surface area contributed by atoms with Crippen LogP contribution in [0.15, 0.2) is 54.7 Å². The maximum atomic E-state index is 4.93. The smallest absolute Gasteiger partial charge is 0.137 e. The van der Waals surface area contributed by atoms with Crippen LogP contribution in [0.2, 0.25) is 0 Å². The molecule has 26 heavy (non-hydrogen) atoms. The molecular formula is C22H28N4. The molecule has 1 aromatic carbocycles. The molecule has 3 aromatic rings. The lowest BCUT2D eigenvalue weighted by molar-refractivity contribution is 0.170. The van der Waals surface area contributed by atoms with Crippen molar-refractivity contribution < 1.29 is 0 Å². The quantitative estimate of drug-likeness (QED) is 0.735. The van der Waals surface area contributed by atoms with E-state index in [1.807, 2.05) is 7.05 Å². The van der Waals surface area contributed by atoms with Crippen molar-refractivity contribution in [3.63, 3.8) is 0 Å². The number of nitrogens with one attached hydrogen (secondary N) is 1. The summed E-state index contributed by atoms with van der Waals surface area (Å²) in [4.78, 5) is 7.53. The largest absolute Gasteiger partial charge is 0.320 e. The van der Waals surface area contributed by atoms with Gasteiger partial charge in [0.05, 0.1) is 11.4 Å². The van der Waals surface area contributed by atoms with Gasteiger partial charge in [0, 0.05) is 18.3 Å². The Morgan fingerprint density at radius 2 is 1.81 bits per heavy atom. The first kappa shape index (κ1) is 17.3. The molecule has 0 radical (unpaired) electrons. The van der Waals surface area contributed by atoms with E-state index in [0.717, 1.165) is 30.3 Å². The molecule has 0 unspecified atom stereocenters. The number of pyridine rings is 1. The second-order valence-electron chi connectivity index (χ2n) is 7.31. The second-order valence-corrected chi connectivity index (χ2v) is 7.31. The van der Waals surface area contributed by atoms with Gasteiger partial charge in [-0.3, -0.25) is 4.90 Å². The summed E-state index contributed by atoms with van der Waals surface area (Å²) < 4.78 is 2.26. The molecule has 1 saturated heterocycles. The van der Waals surface area contributed by atoms with Gasteiger partial charge in [0.15, 0.2) is 0 Å². The number of nitrogens with zero attached hydrogens (tertiary/aromatic N) is 3. The van der Waals surface area contributed by atoms with Crippen LogP contribution in [0.3, 0.4) is 0 Å². The maximum Gasteiger partial charge on any atom is 0.137 e. The predicted octanol–water partition coefficient (Wildman–Crippen LogP) is 3.82. The summed E-state index contributed by atoms with van der Waals surface area (Å²) in [6.07, 6.45) is 6.05. The highest BCUT2D eigenvalue weighted by Crippen LogP contribution is 2.27. The van der Waals surface area contributed by atoms with Crippen molar-refractivity contribution in [1.29, 1.82) is 0 Å². The molecule has 0 atom stereocenters. The number of fused-ring (bicyclic) bond motifs is 1. The van der Waals surface area contributed by atoms with Gasteiger partial charge in [-0.25, -0.2) is 4.98 Å². The van der Waals surface area contributed by atoms with E-state index in [0.29, 0.717) is 0 Å². The summed E-state index contributed by atoms with van der Waals surface area (Å²) >= 11 is 0. The first-order valence-electron chi connectivity index (χ1n) is 9.73. The third-order valence-electron chi connectivity index (χ3n) is 5.56. The number of rotatable bonds is 6. The van der Waals surface area contributed by atoms with Crippen LogP contribution in [0, 0.1) is 5.92 Å². The fourth-order valence-electron chi connectivity index (χ4n) is 4.02. The average molecular weight is 348 g/mol. The van der Waals surface area contributed by atoms with E-state index in [-0.39, 0.29) is 0 Å². The molecule has 0 bridgehead atoms. The number of hydrogen-bond donors (Lipinski definition) is 1. The maximum absolute atomic E-state index is 4.93. The Bertz CT molecular complexity index is 832. The summed E-state index contributed by atoms with van der Waals surface area (Å²) in [6, 6.07) is 16.8. The van der Waals surface area contributed by atoms with E-state index in [2.05, 4.69) is 69.3 Å². The van der Waals surface area contributed by atoms with Gasteiger partial charge < -0.3 is 9.72 Å². The Morgan fingerprint density at radius 3 is 2.58 bits per heavy atom. The fourth-order valence-corrected chi connectivity index (χ4v) is 4.02. The standard InChI is InChI=1S/C22H28N4/c1-23-13-10-18-11-15-25(16-12-18)17-20-22(19-7-3-2-4-8-19)24-21-9-5-6-14-26(20)21/h2-9,14,18,23H,10-13,15-17H2,1H3. The molecule has 2 aromatic heterocycles. The van der Waals surface area contributed by atoms with Crippen molar-refractivity contribution in [2.24, 2.45) is 5.92 Å². The minimum atomic E-state index is 0.870. The van der Waals surface area contributed by atoms with Crippen molar-refractivity contribution in [2.75, 3.05) is 26.7 Å². The van der Waals surface area contributed by atoms with Crippen molar-refractivity contribution in [3.8, 4) is 11.3 Å². The molecule has 0 amide bonds. The van der Waals surface area contributed by atoms with E-state index >= 15 is 0 Å². The molecule has 3 heterocycles. The lowest BCUT2D eigenvalue weighted by Gasteiger charge is -2.32. The average Bonchev–Trinajstić information content (AvgIpc) is 3.07. The summed E-state index contributed by atoms with van der Waals surface area (Å²) in [6.45, 7) is 4.47. The third-order valence-corrected chi connectivity index (χ3v) is 5.56. The van der Waals surface area contributed by atoms with Gasteiger partial charge in [0.1, 0.15) is 5.65 Å². The van der Waals surface area contributed by atoms with E-state index in [4.69, 9.17) is 4.98 Å². The first-order valence-corrected chi connectivity index (χ1v) is 9.73. The van der Waals surface area contributed by atoms with Crippen LogP contribution < -0.4 is 5.32 Å². The zero-order valence-electron chi connectivity index (χ0n) is 15.6. The highest BCUT2D eigenvalue weighted by atomic mass is 15.2. The summed E-state index contributed by atoms with van der Waals surface area (Å²) in [7, 11) is 2.05. The fraction of sp³-hybridized carbons (Fsp3) is 0.409. The lowest BCUT2D eigenvalue weighted by atomic mass is 9.93. The molecule has 4 heteroatoms. The first-order chi connectivity index (χ1) is 12.8. The molecule has 1 N–H and O–H groups in total. The zero-order chi connectivity index (χ0) is 17.8. The predicted molar refractivity (Wildman–Crippen MR) is 107 cm³/mol. The number of aromatic nitrogens is 2. The van der Waals surface area contributed by atoms with Crippen LogP contribution in [0.4, 0.5) is 0 Å². The van der Waals surface area contributed by atoms with Crippen LogP contribution in [0.25, 0.3) is 16.9 Å². The van der Waals surface area contributed by atoms with Crippen LogP contribution >= 0.6 is 0 Å². The molecule has 4 rings (SSSR count). The van der Waals surface area contributed by atoms with Gasteiger partial charge >= 0.3 is 0 Å². The second kappa shape index (κ2) is 8.02. The molecule has 0 saturated carbocycles. The highest BCUT2D eigenvalue weighted by Gasteiger charge is 2.22. The van der Waals surface area contributed by atoms with Crippen molar-refractivity contribution in [1.82, 2.24) is 19.6 Å². The topological polar surface area (TPSA) is 32.6 Å². The van der Waals surface area contributed by atoms with E-state index in [1.54, 1.807) is 0 Å². The van der Waals surface area contributed by atoms with Crippen LogP contribution in [0.5, 0.6) is 0 Å².